The van der Waals surface area contributed by atoms with Gasteiger partial charge in [-0.25, -0.2) is 0 Å². The minimum atomic E-state index is -0.801. The second kappa shape index (κ2) is 43.0. The molecule has 0 spiro atoms. The highest BCUT2D eigenvalue weighted by Crippen LogP contribution is 2.15. The summed E-state index contributed by atoms with van der Waals surface area (Å²) in [7, 11) is 0. The predicted octanol–water partition coefficient (Wildman–Crippen LogP) is 14.0. The minimum Gasteiger partial charge on any atom is -0.462 e. The largest absolute Gasteiger partial charge is 0.462 e. The molecule has 5 nitrogen and oxygen atoms in total. The standard InChI is InChI=1S/C47H82O5/c1-3-5-7-9-11-13-15-17-19-21-22-23-24-26-27-29-31-33-35-37-39-41-46(49)51-44-45(43-48)52-47(50)42-40-38-36-34-32-30-28-25-20-18-16-14-12-10-8-6-4-2/h6,8,12,14,18,20,28,30,34,36,45,48H,3-5,7,9-11,13,15-17,19,21-27,29,31-33,35,37-44H2,1-2H3/t45-/m0/s1. The van der Waals surface area contributed by atoms with E-state index in [9.17, 15) is 14.7 Å². The van der Waals surface area contributed by atoms with Gasteiger partial charge in [0.15, 0.2) is 6.10 Å². The van der Waals surface area contributed by atoms with Crippen molar-refractivity contribution in [2.75, 3.05) is 13.2 Å². The smallest absolute Gasteiger partial charge is 0.306 e. The van der Waals surface area contributed by atoms with Crippen molar-refractivity contribution in [2.24, 2.45) is 0 Å². The summed E-state index contributed by atoms with van der Waals surface area (Å²) in [5.41, 5.74) is 0. The van der Waals surface area contributed by atoms with Gasteiger partial charge >= 0.3 is 11.9 Å². The van der Waals surface area contributed by atoms with Crippen LogP contribution in [0.5, 0.6) is 0 Å². The lowest BCUT2D eigenvalue weighted by Gasteiger charge is -2.15. The maximum atomic E-state index is 12.2. The van der Waals surface area contributed by atoms with Crippen LogP contribution in [0.2, 0.25) is 0 Å². The third kappa shape index (κ3) is 40.4. The van der Waals surface area contributed by atoms with Crippen molar-refractivity contribution in [3.63, 3.8) is 0 Å². The Balaban J connectivity index is 3.58. The number of hydrogen-bond acceptors (Lipinski definition) is 5. The molecule has 0 radical (unpaired) electrons. The average Bonchev–Trinajstić information content (AvgIpc) is 3.15. The number of unbranched alkanes of at least 4 members (excludes halogenated alkanes) is 21. The van der Waals surface area contributed by atoms with Crippen molar-refractivity contribution < 1.29 is 24.2 Å². The first-order chi connectivity index (χ1) is 25.6. The van der Waals surface area contributed by atoms with Crippen LogP contribution in [0.15, 0.2) is 60.8 Å². The average molecular weight is 727 g/mol. The van der Waals surface area contributed by atoms with Gasteiger partial charge in [0.1, 0.15) is 6.61 Å². The highest BCUT2D eigenvalue weighted by molar-refractivity contribution is 5.70. The molecule has 0 aliphatic carbocycles. The van der Waals surface area contributed by atoms with Crippen LogP contribution in [0.1, 0.15) is 206 Å². The van der Waals surface area contributed by atoms with E-state index in [1.54, 1.807) is 0 Å². The zero-order chi connectivity index (χ0) is 37.8. The Morgan fingerprint density at radius 2 is 0.827 bits per heavy atom. The molecule has 0 bridgehead atoms. The maximum absolute atomic E-state index is 12.2. The van der Waals surface area contributed by atoms with Crippen molar-refractivity contribution in [2.45, 2.75) is 213 Å². The van der Waals surface area contributed by atoms with Gasteiger partial charge in [0.2, 0.25) is 0 Å². The first kappa shape index (κ1) is 49.6. The van der Waals surface area contributed by atoms with Gasteiger partial charge < -0.3 is 14.6 Å². The summed E-state index contributed by atoms with van der Waals surface area (Å²) in [6.45, 7) is 3.99. The third-order valence-corrected chi connectivity index (χ3v) is 9.33. The number of esters is 2. The Hall–Kier alpha value is -2.40. The number of aliphatic hydroxyl groups excluding tert-OH is 1. The molecule has 300 valence electrons. The van der Waals surface area contributed by atoms with Gasteiger partial charge in [-0.15, -0.1) is 0 Å². The summed E-state index contributed by atoms with van der Waals surface area (Å²) in [5, 5.41) is 9.57. The molecule has 0 aromatic rings. The van der Waals surface area contributed by atoms with Crippen LogP contribution in [0.25, 0.3) is 0 Å². The van der Waals surface area contributed by atoms with E-state index in [0.717, 1.165) is 57.8 Å². The predicted molar refractivity (Wildman–Crippen MR) is 223 cm³/mol. The van der Waals surface area contributed by atoms with Gasteiger partial charge in [0.25, 0.3) is 0 Å². The molecule has 0 heterocycles. The summed E-state index contributed by atoms with van der Waals surface area (Å²) in [6, 6.07) is 0. The summed E-state index contributed by atoms with van der Waals surface area (Å²) in [4.78, 5) is 24.3. The summed E-state index contributed by atoms with van der Waals surface area (Å²) in [5.74, 6) is -0.655. The Morgan fingerprint density at radius 3 is 1.23 bits per heavy atom. The number of rotatable bonds is 39. The van der Waals surface area contributed by atoms with Gasteiger partial charge in [-0.05, 0) is 51.4 Å². The number of ether oxygens (including phenoxy) is 2. The molecular weight excluding hydrogens is 645 g/mol. The number of carbonyl (C=O) groups excluding carboxylic acids is 2. The van der Waals surface area contributed by atoms with E-state index in [1.807, 2.05) is 0 Å². The van der Waals surface area contributed by atoms with Crippen LogP contribution in [-0.2, 0) is 19.1 Å². The second-order valence-electron chi connectivity index (χ2n) is 14.4. The lowest BCUT2D eigenvalue weighted by atomic mass is 10.0. The zero-order valence-electron chi connectivity index (χ0n) is 34.1. The van der Waals surface area contributed by atoms with Crippen LogP contribution in [0.4, 0.5) is 0 Å². The quantitative estimate of drug-likeness (QED) is 0.0388. The Morgan fingerprint density at radius 1 is 0.462 bits per heavy atom. The van der Waals surface area contributed by atoms with Crippen LogP contribution < -0.4 is 0 Å². The fraction of sp³-hybridized carbons (Fsp3) is 0.745. The van der Waals surface area contributed by atoms with E-state index in [2.05, 4.69) is 74.6 Å². The summed E-state index contributed by atoms with van der Waals surface area (Å²) >= 11 is 0. The molecule has 0 saturated heterocycles. The Kier molecular flexibility index (Phi) is 41.0. The molecule has 0 fully saturated rings. The lowest BCUT2D eigenvalue weighted by molar-refractivity contribution is -0.161. The molecule has 0 aliphatic rings. The number of hydrogen-bond donors (Lipinski definition) is 1. The van der Waals surface area contributed by atoms with Crippen molar-refractivity contribution in [1.29, 1.82) is 0 Å². The molecule has 1 atom stereocenters. The van der Waals surface area contributed by atoms with Crippen molar-refractivity contribution in [3.05, 3.63) is 60.8 Å². The normalized spacial score (nSPS) is 12.8. The molecule has 0 rings (SSSR count). The van der Waals surface area contributed by atoms with Gasteiger partial charge in [0.05, 0.1) is 6.61 Å². The number of allylic oxidation sites excluding steroid dienone is 10. The number of aliphatic hydroxyl groups is 1. The van der Waals surface area contributed by atoms with Crippen molar-refractivity contribution in [3.8, 4) is 0 Å². The summed E-state index contributed by atoms with van der Waals surface area (Å²) < 4.78 is 10.6. The van der Waals surface area contributed by atoms with Gasteiger partial charge in [0, 0.05) is 12.8 Å². The maximum Gasteiger partial charge on any atom is 0.306 e. The van der Waals surface area contributed by atoms with Gasteiger partial charge in [-0.2, -0.15) is 0 Å². The van der Waals surface area contributed by atoms with E-state index < -0.39 is 6.10 Å². The second-order valence-corrected chi connectivity index (χ2v) is 14.4. The van der Waals surface area contributed by atoms with E-state index in [1.165, 1.54) is 116 Å². The molecule has 0 aliphatic heterocycles. The SMILES string of the molecule is CCC=CCC=CCC=CCC=CCC=CCCCC(=O)O[C@@H](CO)COC(=O)CCCCCCCCCCCCCCCCCCCCCCC. The first-order valence-electron chi connectivity index (χ1n) is 21.8. The van der Waals surface area contributed by atoms with Crippen LogP contribution in [0.3, 0.4) is 0 Å². The van der Waals surface area contributed by atoms with Gasteiger partial charge in [-0.1, -0.05) is 203 Å². The fourth-order valence-electron chi connectivity index (χ4n) is 6.06. The fourth-order valence-corrected chi connectivity index (χ4v) is 6.06. The van der Waals surface area contributed by atoms with Crippen molar-refractivity contribution >= 4 is 11.9 Å². The lowest BCUT2D eigenvalue weighted by Crippen LogP contribution is -2.28. The molecular formula is C47H82O5. The molecule has 0 amide bonds. The van der Waals surface area contributed by atoms with Crippen LogP contribution in [-0.4, -0.2) is 36.4 Å². The first-order valence-corrected chi connectivity index (χ1v) is 21.8. The van der Waals surface area contributed by atoms with E-state index >= 15 is 0 Å². The molecule has 5 heteroatoms. The molecule has 1 N–H and O–H groups in total. The zero-order valence-corrected chi connectivity index (χ0v) is 34.1. The molecule has 0 unspecified atom stereocenters. The number of carbonyl (C=O) groups is 2. The Bertz CT molecular complexity index is 915. The Labute approximate surface area is 321 Å². The summed E-state index contributed by atoms with van der Waals surface area (Å²) in [6.07, 6.45) is 55.9. The monoisotopic (exact) mass is 727 g/mol. The molecule has 52 heavy (non-hydrogen) atoms. The molecule has 0 aromatic carbocycles. The van der Waals surface area contributed by atoms with E-state index in [0.29, 0.717) is 12.8 Å². The van der Waals surface area contributed by atoms with Gasteiger partial charge in [-0.3, -0.25) is 9.59 Å². The third-order valence-electron chi connectivity index (χ3n) is 9.33. The topological polar surface area (TPSA) is 72.8 Å². The van der Waals surface area contributed by atoms with Crippen LogP contribution >= 0.6 is 0 Å². The van der Waals surface area contributed by atoms with E-state index in [-0.39, 0.29) is 31.6 Å². The van der Waals surface area contributed by atoms with Crippen molar-refractivity contribution in [1.82, 2.24) is 0 Å². The highest BCUT2D eigenvalue weighted by Gasteiger charge is 2.16. The van der Waals surface area contributed by atoms with Crippen LogP contribution in [0, 0.1) is 0 Å². The minimum absolute atomic E-state index is 0.0882. The highest BCUT2D eigenvalue weighted by atomic mass is 16.6. The molecule has 0 aromatic heterocycles. The van der Waals surface area contributed by atoms with E-state index in [4.69, 9.17) is 9.47 Å². The molecule has 0 saturated carbocycles.